The number of carbonyl (C=O) groups is 2. The molecule has 2 aromatic carbocycles. The molecule has 1 N–H and O–H groups in total. The van der Waals surface area contributed by atoms with Gasteiger partial charge in [-0.2, -0.15) is 0 Å². The van der Waals surface area contributed by atoms with E-state index in [0.29, 0.717) is 11.4 Å². The number of para-hydroxylation sites is 3. The van der Waals surface area contributed by atoms with Crippen LogP contribution >= 0.6 is 0 Å². The molecule has 0 radical (unpaired) electrons. The predicted molar refractivity (Wildman–Crippen MR) is 86.0 cm³/mol. The quantitative estimate of drug-likeness (QED) is 0.914. The lowest BCUT2D eigenvalue weighted by atomic mass is 10.2. The minimum atomic E-state index is -0.894. The fourth-order valence-corrected chi connectivity index (χ4v) is 2.16. The van der Waals surface area contributed by atoms with Crippen molar-refractivity contribution in [3.05, 3.63) is 54.1 Å². The van der Waals surface area contributed by atoms with Crippen molar-refractivity contribution >= 4 is 23.2 Å². The third-order valence-corrected chi connectivity index (χ3v) is 3.28. The summed E-state index contributed by atoms with van der Waals surface area (Å²) in [5, 5.41) is 2.15. The molecule has 2 aromatic rings. The van der Waals surface area contributed by atoms with Crippen molar-refractivity contribution in [2.24, 2.45) is 0 Å². The van der Waals surface area contributed by atoms with E-state index in [1.54, 1.807) is 24.3 Å². The summed E-state index contributed by atoms with van der Waals surface area (Å²) in [5.41, 5.74) is -0.164. The largest absolute Gasteiger partial charge is 0.495 e. The van der Waals surface area contributed by atoms with Gasteiger partial charge in [-0.3, -0.25) is 14.5 Å². The summed E-state index contributed by atoms with van der Waals surface area (Å²) >= 11 is 0. The Morgan fingerprint density at radius 3 is 2.29 bits per heavy atom. The maximum atomic E-state index is 13.6. The third-order valence-electron chi connectivity index (χ3n) is 3.28. The summed E-state index contributed by atoms with van der Waals surface area (Å²) in [5.74, 6) is -2.54. The van der Waals surface area contributed by atoms with Gasteiger partial charge in [-0.25, -0.2) is 8.78 Å². The van der Waals surface area contributed by atoms with E-state index in [1.807, 2.05) is 0 Å². The van der Waals surface area contributed by atoms with Gasteiger partial charge in [0.25, 0.3) is 0 Å². The monoisotopic (exact) mass is 334 g/mol. The first-order valence-electron chi connectivity index (χ1n) is 7.09. The van der Waals surface area contributed by atoms with Crippen LogP contribution in [0.2, 0.25) is 0 Å². The SMILES string of the molecule is COc1ccccc1N(CC(=O)Nc1c(F)cccc1F)C(C)=O. The first-order chi connectivity index (χ1) is 11.4. The number of amides is 2. The number of halogens is 2. The lowest BCUT2D eigenvalue weighted by Crippen LogP contribution is -2.37. The van der Waals surface area contributed by atoms with Gasteiger partial charge in [0.1, 0.15) is 29.6 Å². The third kappa shape index (κ3) is 3.87. The van der Waals surface area contributed by atoms with E-state index in [9.17, 15) is 18.4 Å². The van der Waals surface area contributed by atoms with Gasteiger partial charge >= 0.3 is 0 Å². The van der Waals surface area contributed by atoms with Gasteiger partial charge in [-0.1, -0.05) is 18.2 Å². The Balaban J connectivity index is 2.22. The molecule has 0 heterocycles. The number of hydrogen-bond donors (Lipinski definition) is 1. The van der Waals surface area contributed by atoms with Crippen LogP contribution in [0, 0.1) is 11.6 Å². The molecular formula is C17H16F2N2O3. The highest BCUT2D eigenvalue weighted by Crippen LogP contribution is 2.28. The molecule has 5 nitrogen and oxygen atoms in total. The number of rotatable bonds is 5. The fourth-order valence-electron chi connectivity index (χ4n) is 2.16. The maximum Gasteiger partial charge on any atom is 0.244 e. The molecule has 0 aromatic heterocycles. The molecule has 0 saturated heterocycles. The van der Waals surface area contributed by atoms with E-state index < -0.39 is 35.7 Å². The molecule has 7 heteroatoms. The molecule has 24 heavy (non-hydrogen) atoms. The molecule has 2 rings (SSSR count). The zero-order valence-corrected chi connectivity index (χ0v) is 13.2. The molecular weight excluding hydrogens is 318 g/mol. The summed E-state index contributed by atoms with van der Waals surface area (Å²) in [4.78, 5) is 25.2. The summed E-state index contributed by atoms with van der Waals surface area (Å²) in [6, 6.07) is 9.90. The molecule has 2 amide bonds. The van der Waals surface area contributed by atoms with Crippen molar-refractivity contribution < 1.29 is 23.1 Å². The van der Waals surface area contributed by atoms with Crippen molar-refractivity contribution in [1.29, 1.82) is 0 Å². The van der Waals surface area contributed by atoms with Gasteiger partial charge in [0.05, 0.1) is 12.8 Å². The topological polar surface area (TPSA) is 58.6 Å². The minimum Gasteiger partial charge on any atom is -0.495 e. The Morgan fingerprint density at radius 2 is 1.71 bits per heavy atom. The molecule has 0 aliphatic carbocycles. The maximum absolute atomic E-state index is 13.6. The summed E-state index contributed by atoms with van der Waals surface area (Å²) in [7, 11) is 1.44. The molecule has 0 unspecified atom stereocenters. The van der Waals surface area contributed by atoms with E-state index in [4.69, 9.17) is 4.74 Å². The van der Waals surface area contributed by atoms with Crippen LogP contribution in [0.15, 0.2) is 42.5 Å². The molecule has 126 valence electrons. The van der Waals surface area contributed by atoms with Gasteiger partial charge in [-0.15, -0.1) is 0 Å². The second-order valence-corrected chi connectivity index (χ2v) is 4.92. The molecule has 0 atom stereocenters. The zero-order valence-electron chi connectivity index (χ0n) is 13.2. The Bertz CT molecular complexity index is 745. The van der Waals surface area contributed by atoms with Crippen LogP contribution in [0.3, 0.4) is 0 Å². The predicted octanol–water partition coefficient (Wildman–Crippen LogP) is 2.97. The van der Waals surface area contributed by atoms with Gasteiger partial charge in [0.15, 0.2) is 0 Å². The first kappa shape index (κ1) is 17.4. The molecule has 0 spiro atoms. The minimum absolute atomic E-state index is 0.386. The number of nitrogens with one attached hydrogen (secondary N) is 1. The Labute approximate surface area is 137 Å². The Hall–Kier alpha value is -2.96. The van der Waals surface area contributed by atoms with Crippen molar-refractivity contribution in [3.8, 4) is 5.75 Å². The van der Waals surface area contributed by atoms with E-state index in [-0.39, 0.29) is 0 Å². The smallest absolute Gasteiger partial charge is 0.244 e. The summed E-state index contributed by atoms with van der Waals surface area (Å²) < 4.78 is 32.4. The van der Waals surface area contributed by atoms with Gasteiger partial charge in [0.2, 0.25) is 11.8 Å². The van der Waals surface area contributed by atoms with Crippen molar-refractivity contribution in [1.82, 2.24) is 0 Å². The van der Waals surface area contributed by atoms with Crippen LogP contribution < -0.4 is 15.0 Å². The van der Waals surface area contributed by atoms with Crippen LogP contribution in [0.4, 0.5) is 20.2 Å². The molecule has 0 aliphatic heterocycles. The van der Waals surface area contributed by atoms with Crippen LogP contribution in [-0.4, -0.2) is 25.5 Å². The number of carbonyl (C=O) groups excluding carboxylic acids is 2. The Morgan fingerprint density at radius 1 is 1.08 bits per heavy atom. The van der Waals surface area contributed by atoms with E-state index >= 15 is 0 Å². The summed E-state index contributed by atoms with van der Waals surface area (Å²) in [6.45, 7) is 0.868. The van der Waals surface area contributed by atoms with E-state index in [0.717, 1.165) is 17.0 Å². The standard InChI is InChI=1S/C17H16F2N2O3/c1-11(22)21(14-8-3-4-9-15(14)24-2)10-16(23)20-17-12(18)6-5-7-13(17)19/h3-9H,10H2,1-2H3,(H,20,23). The average molecular weight is 334 g/mol. The molecule has 0 bridgehead atoms. The summed E-state index contributed by atoms with van der Waals surface area (Å²) in [6.07, 6.45) is 0. The lowest BCUT2D eigenvalue weighted by Gasteiger charge is -2.22. The Kier molecular flexibility index (Phi) is 5.47. The molecule has 0 aliphatic rings. The number of benzene rings is 2. The lowest BCUT2D eigenvalue weighted by molar-refractivity contribution is -0.120. The van der Waals surface area contributed by atoms with Gasteiger partial charge in [0, 0.05) is 6.92 Å². The fraction of sp³-hybridized carbons (Fsp3) is 0.176. The number of nitrogens with zero attached hydrogens (tertiary/aromatic N) is 1. The second-order valence-electron chi connectivity index (χ2n) is 4.92. The van der Waals surface area contributed by atoms with Crippen molar-refractivity contribution in [3.63, 3.8) is 0 Å². The molecule has 0 saturated carbocycles. The second kappa shape index (κ2) is 7.54. The zero-order chi connectivity index (χ0) is 17.7. The van der Waals surface area contributed by atoms with Crippen LogP contribution in [0.1, 0.15) is 6.92 Å². The highest BCUT2D eigenvalue weighted by molar-refractivity contribution is 6.02. The highest BCUT2D eigenvalue weighted by Gasteiger charge is 2.20. The van der Waals surface area contributed by atoms with Crippen molar-refractivity contribution in [2.75, 3.05) is 23.9 Å². The van der Waals surface area contributed by atoms with E-state index in [2.05, 4.69) is 5.32 Å². The van der Waals surface area contributed by atoms with Gasteiger partial charge < -0.3 is 10.1 Å². The number of ether oxygens (including phenoxy) is 1. The first-order valence-corrected chi connectivity index (χ1v) is 7.09. The molecule has 0 fully saturated rings. The van der Waals surface area contributed by atoms with E-state index in [1.165, 1.54) is 20.1 Å². The van der Waals surface area contributed by atoms with Crippen LogP contribution in [-0.2, 0) is 9.59 Å². The number of methoxy groups -OCH3 is 1. The normalized spacial score (nSPS) is 10.2. The highest BCUT2D eigenvalue weighted by atomic mass is 19.1. The van der Waals surface area contributed by atoms with Gasteiger partial charge in [-0.05, 0) is 24.3 Å². The van der Waals surface area contributed by atoms with Crippen molar-refractivity contribution in [2.45, 2.75) is 6.92 Å². The van der Waals surface area contributed by atoms with Crippen LogP contribution in [0.25, 0.3) is 0 Å². The average Bonchev–Trinajstić information content (AvgIpc) is 2.56. The number of hydrogen-bond acceptors (Lipinski definition) is 3. The van der Waals surface area contributed by atoms with Crippen LogP contribution in [0.5, 0.6) is 5.75 Å². The number of anilines is 2.